The Labute approximate surface area is 176 Å². The van der Waals surface area contributed by atoms with Crippen LogP contribution >= 0.6 is 11.3 Å². The first-order valence-electron chi connectivity index (χ1n) is 9.37. The van der Waals surface area contributed by atoms with Crippen LogP contribution < -0.4 is 10.6 Å². The van der Waals surface area contributed by atoms with Gasteiger partial charge in [0.05, 0.1) is 16.8 Å². The fraction of sp³-hybridized carbons (Fsp3) is 0.190. The molecule has 0 aliphatic heterocycles. The molecule has 2 heterocycles. The Kier molecular flexibility index (Phi) is 5.53. The van der Waals surface area contributed by atoms with Crippen molar-refractivity contribution in [1.29, 1.82) is 0 Å². The number of benzene rings is 2. The van der Waals surface area contributed by atoms with Gasteiger partial charge in [-0.3, -0.25) is 9.59 Å². The molecule has 0 spiro atoms. The number of hydrogen-bond donors (Lipinski definition) is 2. The maximum absolute atomic E-state index is 12.7. The van der Waals surface area contributed by atoms with Crippen molar-refractivity contribution in [2.45, 2.75) is 19.9 Å². The number of nitrogens with one attached hydrogen (secondary N) is 2. The molecule has 0 fully saturated rings. The predicted octanol–water partition coefficient (Wildman–Crippen LogP) is 3.51. The van der Waals surface area contributed by atoms with Gasteiger partial charge in [0.15, 0.2) is 5.01 Å². The lowest BCUT2D eigenvalue weighted by molar-refractivity contribution is -0.119. The third-order valence-corrected chi connectivity index (χ3v) is 5.18. The molecule has 0 aliphatic rings. The molecule has 0 bridgehead atoms. The summed E-state index contributed by atoms with van der Waals surface area (Å²) in [7, 11) is 0. The molecule has 2 aromatic carbocycles. The van der Waals surface area contributed by atoms with Crippen molar-refractivity contribution in [3.05, 3.63) is 59.4 Å². The number of ketones is 1. The first kappa shape index (κ1) is 19.7. The Morgan fingerprint density at radius 1 is 1.07 bits per heavy atom. The van der Waals surface area contributed by atoms with E-state index in [1.54, 1.807) is 0 Å². The molecular formula is C21H19N5O3S. The standard InChI is InChI=1S/C21H19N5O3S/c1-12(2)23-17(27)11-22-21-26-25-19(29-21)18(28)20-24-15-9-8-14(10-16(15)30-20)13-6-4-3-5-7-13/h3-10,12H,11H2,1-2H3,(H,22,26)(H,23,27). The normalized spacial score (nSPS) is 11.0. The summed E-state index contributed by atoms with van der Waals surface area (Å²) in [5, 5.41) is 13.2. The molecule has 152 valence electrons. The van der Waals surface area contributed by atoms with Gasteiger partial charge in [-0.15, -0.1) is 16.4 Å². The van der Waals surface area contributed by atoms with Crippen LogP contribution in [0, 0.1) is 0 Å². The van der Waals surface area contributed by atoms with E-state index < -0.39 is 5.78 Å². The Morgan fingerprint density at radius 2 is 1.87 bits per heavy atom. The highest BCUT2D eigenvalue weighted by Crippen LogP contribution is 2.29. The minimum atomic E-state index is -0.454. The Morgan fingerprint density at radius 3 is 2.63 bits per heavy atom. The molecule has 0 saturated carbocycles. The van der Waals surface area contributed by atoms with Gasteiger partial charge >= 0.3 is 6.01 Å². The minimum Gasteiger partial charge on any atom is -0.400 e. The largest absolute Gasteiger partial charge is 0.400 e. The SMILES string of the molecule is CC(C)NC(=O)CNc1nnc(C(=O)c2nc3ccc(-c4ccccc4)cc3s2)o1. The Bertz CT molecular complexity index is 1200. The van der Waals surface area contributed by atoms with E-state index in [9.17, 15) is 9.59 Å². The molecule has 2 N–H and O–H groups in total. The van der Waals surface area contributed by atoms with E-state index in [4.69, 9.17) is 4.42 Å². The van der Waals surface area contributed by atoms with Gasteiger partial charge in [0.1, 0.15) is 0 Å². The van der Waals surface area contributed by atoms with Crippen LogP contribution in [0.5, 0.6) is 0 Å². The first-order chi connectivity index (χ1) is 14.5. The molecule has 0 saturated heterocycles. The zero-order valence-electron chi connectivity index (χ0n) is 16.4. The monoisotopic (exact) mass is 421 g/mol. The number of aromatic nitrogens is 3. The molecule has 0 atom stereocenters. The summed E-state index contributed by atoms with van der Waals surface area (Å²) in [5.74, 6) is -0.842. The van der Waals surface area contributed by atoms with Gasteiger partial charge in [0, 0.05) is 6.04 Å². The van der Waals surface area contributed by atoms with E-state index in [0.717, 1.165) is 21.3 Å². The second-order valence-electron chi connectivity index (χ2n) is 6.88. The van der Waals surface area contributed by atoms with E-state index in [2.05, 4.69) is 25.8 Å². The maximum Gasteiger partial charge on any atom is 0.316 e. The highest BCUT2D eigenvalue weighted by Gasteiger charge is 2.21. The van der Waals surface area contributed by atoms with Crippen LogP contribution in [0.4, 0.5) is 6.01 Å². The number of amides is 1. The summed E-state index contributed by atoms with van der Waals surface area (Å²) >= 11 is 1.27. The smallest absolute Gasteiger partial charge is 0.316 e. The molecule has 0 unspecified atom stereocenters. The topological polar surface area (TPSA) is 110 Å². The lowest BCUT2D eigenvalue weighted by Crippen LogP contribution is -2.34. The summed E-state index contributed by atoms with van der Waals surface area (Å²) < 4.78 is 6.24. The molecule has 9 heteroatoms. The van der Waals surface area contributed by atoms with Crippen LogP contribution in [0.1, 0.15) is 29.5 Å². The van der Waals surface area contributed by atoms with E-state index in [1.807, 2.05) is 62.4 Å². The quantitative estimate of drug-likeness (QED) is 0.439. The van der Waals surface area contributed by atoms with Crippen LogP contribution in [0.3, 0.4) is 0 Å². The summed E-state index contributed by atoms with van der Waals surface area (Å²) in [6, 6.07) is 15.9. The molecule has 30 heavy (non-hydrogen) atoms. The number of nitrogens with zero attached hydrogens (tertiary/aromatic N) is 3. The fourth-order valence-corrected chi connectivity index (χ4v) is 3.78. The molecule has 2 aromatic heterocycles. The van der Waals surface area contributed by atoms with Crippen molar-refractivity contribution >= 4 is 39.3 Å². The van der Waals surface area contributed by atoms with Crippen molar-refractivity contribution in [2.24, 2.45) is 0 Å². The molecule has 0 aliphatic carbocycles. The van der Waals surface area contributed by atoms with Gasteiger partial charge in [0.25, 0.3) is 11.7 Å². The van der Waals surface area contributed by atoms with Gasteiger partial charge in [-0.25, -0.2) is 4.98 Å². The molecule has 4 rings (SSSR count). The molecular weight excluding hydrogens is 402 g/mol. The lowest BCUT2D eigenvalue weighted by Gasteiger charge is -2.07. The third kappa shape index (κ3) is 4.36. The molecule has 0 radical (unpaired) electrons. The van der Waals surface area contributed by atoms with Crippen LogP contribution in [0.25, 0.3) is 21.3 Å². The van der Waals surface area contributed by atoms with Crippen LogP contribution in [-0.2, 0) is 4.79 Å². The Hall–Kier alpha value is -3.59. The number of anilines is 1. The van der Waals surface area contributed by atoms with Gasteiger partial charge < -0.3 is 15.1 Å². The van der Waals surface area contributed by atoms with Gasteiger partial charge in [-0.05, 0) is 37.1 Å². The van der Waals surface area contributed by atoms with Crippen molar-refractivity contribution < 1.29 is 14.0 Å². The van der Waals surface area contributed by atoms with E-state index in [-0.39, 0.29) is 35.4 Å². The summed E-state index contributed by atoms with van der Waals surface area (Å²) in [4.78, 5) is 28.8. The lowest BCUT2D eigenvalue weighted by atomic mass is 10.1. The van der Waals surface area contributed by atoms with Crippen molar-refractivity contribution in [3.8, 4) is 11.1 Å². The summed E-state index contributed by atoms with van der Waals surface area (Å²) in [5.41, 5.74) is 2.87. The second kappa shape index (κ2) is 8.42. The van der Waals surface area contributed by atoms with Crippen molar-refractivity contribution in [3.63, 3.8) is 0 Å². The minimum absolute atomic E-state index is 0.00438. The average Bonchev–Trinajstić information content (AvgIpc) is 3.38. The number of carbonyl (C=O) groups is 2. The number of rotatable bonds is 7. The van der Waals surface area contributed by atoms with Gasteiger partial charge in [-0.1, -0.05) is 41.5 Å². The third-order valence-electron chi connectivity index (χ3n) is 4.16. The van der Waals surface area contributed by atoms with Crippen molar-refractivity contribution in [2.75, 3.05) is 11.9 Å². The van der Waals surface area contributed by atoms with Crippen LogP contribution in [-0.4, -0.2) is 39.5 Å². The number of thiazole rings is 1. The van der Waals surface area contributed by atoms with E-state index >= 15 is 0 Å². The highest BCUT2D eigenvalue weighted by molar-refractivity contribution is 7.20. The average molecular weight is 421 g/mol. The summed E-state index contributed by atoms with van der Waals surface area (Å²) in [6.45, 7) is 3.70. The second-order valence-corrected chi connectivity index (χ2v) is 7.92. The maximum atomic E-state index is 12.7. The molecule has 4 aromatic rings. The molecule has 1 amide bonds. The zero-order valence-corrected chi connectivity index (χ0v) is 17.2. The van der Waals surface area contributed by atoms with Crippen LogP contribution in [0.2, 0.25) is 0 Å². The number of hydrogen-bond acceptors (Lipinski definition) is 8. The van der Waals surface area contributed by atoms with E-state index in [0.29, 0.717) is 0 Å². The predicted molar refractivity (Wildman–Crippen MR) is 115 cm³/mol. The van der Waals surface area contributed by atoms with Gasteiger partial charge in [-0.2, -0.15) is 0 Å². The highest BCUT2D eigenvalue weighted by atomic mass is 32.1. The summed E-state index contributed by atoms with van der Waals surface area (Å²) in [6.07, 6.45) is 0. The van der Waals surface area contributed by atoms with Crippen molar-refractivity contribution in [1.82, 2.24) is 20.5 Å². The first-order valence-corrected chi connectivity index (χ1v) is 10.2. The number of carbonyl (C=O) groups excluding carboxylic acids is 2. The fourth-order valence-electron chi connectivity index (χ4n) is 2.84. The Balaban J connectivity index is 1.49. The molecule has 8 nitrogen and oxygen atoms in total. The van der Waals surface area contributed by atoms with Crippen LogP contribution in [0.15, 0.2) is 52.9 Å². The zero-order chi connectivity index (χ0) is 21.1. The number of fused-ring (bicyclic) bond motifs is 1. The van der Waals surface area contributed by atoms with Gasteiger partial charge in [0.2, 0.25) is 5.91 Å². The van der Waals surface area contributed by atoms with E-state index in [1.165, 1.54) is 11.3 Å².